The van der Waals surface area contributed by atoms with E-state index in [1.165, 1.54) is 22.1 Å². The minimum atomic E-state index is -3.45. The van der Waals surface area contributed by atoms with Crippen molar-refractivity contribution < 1.29 is 13.2 Å². The van der Waals surface area contributed by atoms with E-state index in [9.17, 15) is 13.2 Å². The molecule has 1 saturated heterocycles. The van der Waals surface area contributed by atoms with E-state index in [-0.39, 0.29) is 17.9 Å². The lowest BCUT2D eigenvalue weighted by atomic mass is 9.91. The summed E-state index contributed by atoms with van der Waals surface area (Å²) in [5.41, 5.74) is 0. The number of aromatic nitrogens is 1. The van der Waals surface area contributed by atoms with Crippen molar-refractivity contribution in [2.24, 2.45) is 5.92 Å². The largest absolute Gasteiger partial charge is 0.293 e. The summed E-state index contributed by atoms with van der Waals surface area (Å²) in [5.74, 6) is 0.663. The van der Waals surface area contributed by atoms with Crippen LogP contribution in [0.15, 0.2) is 46.1 Å². The molecule has 0 N–H and O–H groups in total. The topological polar surface area (TPSA) is 70.6 Å². The van der Waals surface area contributed by atoms with Crippen LogP contribution in [0.2, 0.25) is 0 Å². The summed E-state index contributed by atoms with van der Waals surface area (Å²) < 4.78 is 27.4. The molecule has 0 aromatic carbocycles. The smallest absolute Gasteiger partial charge is 0.252 e. The molecule has 4 rings (SSSR count). The van der Waals surface area contributed by atoms with E-state index in [1.807, 2.05) is 23.1 Å². The van der Waals surface area contributed by atoms with E-state index in [0.717, 1.165) is 31.5 Å². The molecule has 2 aliphatic rings. The minimum Gasteiger partial charge on any atom is -0.293 e. The summed E-state index contributed by atoms with van der Waals surface area (Å²) in [7, 11) is -3.45. The molecule has 2 aromatic rings. The molecule has 2 aromatic heterocycles. The lowest BCUT2D eigenvalue weighted by Crippen LogP contribution is -2.48. The average Bonchev–Trinajstić information content (AvgIpc) is 3.31. The summed E-state index contributed by atoms with van der Waals surface area (Å²) >= 11 is 1.24. The molecule has 156 valence electrons. The van der Waals surface area contributed by atoms with Gasteiger partial charge < -0.3 is 0 Å². The normalized spacial score (nSPS) is 19.9. The van der Waals surface area contributed by atoms with E-state index in [2.05, 4.69) is 4.98 Å². The highest BCUT2D eigenvalue weighted by Gasteiger charge is 2.37. The van der Waals surface area contributed by atoms with E-state index >= 15 is 0 Å². The second-order valence-electron chi connectivity index (χ2n) is 7.80. The molecule has 1 aliphatic heterocycles. The minimum absolute atomic E-state index is 0.101. The summed E-state index contributed by atoms with van der Waals surface area (Å²) in [4.78, 5) is 19.9. The number of hydrogen-bond acceptors (Lipinski definition) is 5. The van der Waals surface area contributed by atoms with Gasteiger partial charge in [0.25, 0.3) is 10.0 Å². The first-order valence-corrected chi connectivity index (χ1v) is 12.7. The number of carbonyl (C=O) groups is 1. The molecule has 2 fully saturated rings. The molecule has 0 bridgehead atoms. The maximum absolute atomic E-state index is 13.5. The Kier molecular flexibility index (Phi) is 6.32. The molecular weight excluding hydrogens is 406 g/mol. The van der Waals surface area contributed by atoms with E-state index in [4.69, 9.17) is 0 Å². The monoisotopic (exact) mass is 433 g/mol. The third kappa shape index (κ3) is 4.39. The van der Waals surface area contributed by atoms with Gasteiger partial charge in [-0.25, -0.2) is 13.4 Å². The van der Waals surface area contributed by atoms with Crippen LogP contribution < -0.4 is 4.90 Å². The van der Waals surface area contributed by atoms with Crippen LogP contribution in [0.4, 0.5) is 5.82 Å². The Bertz CT molecular complexity index is 902. The number of piperidine rings is 1. The molecule has 6 nitrogen and oxygen atoms in total. The summed E-state index contributed by atoms with van der Waals surface area (Å²) in [6.45, 7) is 0.773. The van der Waals surface area contributed by atoms with Crippen molar-refractivity contribution in [3.63, 3.8) is 0 Å². The molecule has 1 saturated carbocycles. The highest BCUT2D eigenvalue weighted by atomic mass is 32.2. The molecule has 8 heteroatoms. The highest BCUT2D eigenvalue weighted by Crippen LogP contribution is 2.31. The standard InChI is InChI=1S/C21H27N3O3S2/c25-21(24(18-7-2-1-3-8-18)19-9-4-5-13-22-19)17-11-14-23(15-12-17)29(26,27)20-10-6-16-28-20/h4-6,9-10,13,16-18H,1-3,7-8,11-12,14-15H2. The van der Waals surface area contributed by atoms with Crippen molar-refractivity contribution >= 4 is 33.1 Å². The van der Waals surface area contributed by atoms with Gasteiger partial charge in [0.1, 0.15) is 10.0 Å². The fraction of sp³-hybridized carbons (Fsp3) is 0.524. The first kappa shape index (κ1) is 20.5. The number of hydrogen-bond donors (Lipinski definition) is 0. The van der Waals surface area contributed by atoms with Gasteiger partial charge in [-0.2, -0.15) is 4.31 Å². The van der Waals surface area contributed by atoms with Crippen LogP contribution in [-0.2, 0) is 14.8 Å². The van der Waals surface area contributed by atoms with Gasteiger partial charge in [-0.05, 0) is 49.3 Å². The molecular formula is C21H27N3O3S2. The number of rotatable bonds is 5. The van der Waals surface area contributed by atoms with E-state index in [1.54, 1.807) is 23.7 Å². The number of nitrogens with zero attached hydrogens (tertiary/aromatic N) is 3. The Morgan fingerprint density at radius 2 is 1.79 bits per heavy atom. The number of carbonyl (C=O) groups excluding carboxylic acids is 1. The van der Waals surface area contributed by atoms with Gasteiger partial charge in [0.15, 0.2) is 0 Å². The SMILES string of the molecule is O=C(C1CCN(S(=O)(=O)c2cccs2)CC1)N(c1ccccn1)C1CCCCC1. The lowest BCUT2D eigenvalue weighted by molar-refractivity contribution is -0.124. The van der Waals surface area contributed by atoms with Crippen LogP contribution in [0, 0.1) is 5.92 Å². The summed E-state index contributed by atoms with van der Waals surface area (Å²) in [6.07, 6.45) is 8.35. The lowest BCUT2D eigenvalue weighted by Gasteiger charge is -2.38. The van der Waals surface area contributed by atoms with Crippen molar-refractivity contribution in [3.05, 3.63) is 41.9 Å². The number of amides is 1. The average molecular weight is 434 g/mol. The van der Waals surface area contributed by atoms with Gasteiger partial charge in [-0.15, -0.1) is 11.3 Å². The fourth-order valence-corrected chi connectivity index (χ4v) is 7.01. The Balaban J connectivity index is 1.48. The zero-order valence-electron chi connectivity index (χ0n) is 16.4. The van der Waals surface area contributed by atoms with Crippen molar-refractivity contribution in [1.29, 1.82) is 0 Å². The van der Waals surface area contributed by atoms with Gasteiger partial charge >= 0.3 is 0 Å². The van der Waals surface area contributed by atoms with Crippen LogP contribution in [0.1, 0.15) is 44.9 Å². The number of anilines is 1. The number of sulfonamides is 1. The molecule has 0 atom stereocenters. The Hall–Kier alpha value is -1.77. The van der Waals surface area contributed by atoms with Crippen LogP contribution in [0.5, 0.6) is 0 Å². The van der Waals surface area contributed by atoms with Gasteiger partial charge in [-0.1, -0.05) is 31.4 Å². The molecule has 0 radical (unpaired) electrons. The zero-order valence-corrected chi connectivity index (χ0v) is 18.1. The first-order valence-electron chi connectivity index (χ1n) is 10.3. The van der Waals surface area contributed by atoms with Crippen LogP contribution >= 0.6 is 11.3 Å². The predicted octanol–water partition coefficient (Wildman–Crippen LogP) is 3.91. The van der Waals surface area contributed by atoms with Gasteiger partial charge in [-0.3, -0.25) is 9.69 Å². The predicted molar refractivity (Wildman–Crippen MR) is 114 cm³/mol. The van der Waals surface area contributed by atoms with Gasteiger partial charge in [0.05, 0.1) is 0 Å². The van der Waals surface area contributed by atoms with Crippen molar-refractivity contribution in [2.45, 2.75) is 55.2 Å². The Morgan fingerprint density at radius 1 is 1.03 bits per heavy atom. The first-order chi connectivity index (χ1) is 14.1. The third-order valence-corrected chi connectivity index (χ3v) is 9.24. The fourth-order valence-electron chi connectivity index (χ4n) is 4.39. The molecule has 29 heavy (non-hydrogen) atoms. The maximum atomic E-state index is 13.5. The molecule has 0 unspecified atom stereocenters. The van der Waals surface area contributed by atoms with Crippen LogP contribution in [0.3, 0.4) is 0 Å². The highest BCUT2D eigenvalue weighted by molar-refractivity contribution is 7.91. The third-order valence-electron chi connectivity index (χ3n) is 5.97. The molecule has 3 heterocycles. The van der Waals surface area contributed by atoms with Crippen LogP contribution in [-0.4, -0.2) is 42.7 Å². The second kappa shape index (κ2) is 8.93. The summed E-state index contributed by atoms with van der Waals surface area (Å²) in [5, 5.41) is 1.78. The maximum Gasteiger partial charge on any atom is 0.252 e. The Morgan fingerprint density at radius 3 is 2.41 bits per heavy atom. The second-order valence-corrected chi connectivity index (χ2v) is 10.9. The molecule has 1 aliphatic carbocycles. The van der Waals surface area contributed by atoms with Crippen LogP contribution in [0.25, 0.3) is 0 Å². The summed E-state index contributed by atoms with van der Waals surface area (Å²) in [6, 6.07) is 9.27. The van der Waals surface area contributed by atoms with Gasteiger partial charge in [0, 0.05) is 31.2 Å². The Labute approximate surface area is 176 Å². The zero-order chi connectivity index (χ0) is 20.3. The van der Waals surface area contributed by atoms with Crippen molar-refractivity contribution in [2.75, 3.05) is 18.0 Å². The number of pyridine rings is 1. The van der Waals surface area contributed by atoms with Crippen molar-refractivity contribution in [1.82, 2.24) is 9.29 Å². The quantitative estimate of drug-likeness (QED) is 0.717. The van der Waals surface area contributed by atoms with E-state index in [0.29, 0.717) is 30.1 Å². The van der Waals surface area contributed by atoms with Gasteiger partial charge in [0.2, 0.25) is 5.91 Å². The van der Waals surface area contributed by atoms with Crippen molar-refractivity contribution in [3.8, 4) is 0 Å². The molecule has 0 spiro atoms. The van der Waals surface area contributed by atoms with E-state index < -0.39 is 10.0 Å². The number of thiophene rings is 1. The molecule has 1 amide bonds.